The molecule has 0 bridgehead atoms. The van der Waals surface area contributed by atoms with Gasteiger partial charge in [0.15, 0.2) is 8.32 Å². The van der Waals surface area contributed by atoms with E-state index in [9.17, 15) is 0 Å². The molecule has 1 unspecified atom stereocenters. The summed E-state index contributed by atoms with van der Waals surface area (Å²) in [5.74, 6) is 2.82. The molecule has 0 aliphatic rings. The van der Waals surface area contributed by atoms with Gasteiger partial charge in [-0.05, 0) is 31.0 Å². The standard InChI is InChI=1S/C15H30OSi/c1-8-10-11-12-13-14(9-2)16-17(6,7)15(3,4)5/h2,14H,8,10-13H2,1,3-7H3. The number of unbranched alkanes of at least 4 members (excludes halogenated alkanes) is 3. The summed E-state index contributed by atoms with van der Waals surface area (Å²) in [5, 5.41) is 0.242. The molecular weight excluding hydrogens is 224 g/mol. The maximum atomic E-state index is 6.23. The van der Waals surface area contributed by atoms with E-state index >= 15 is 0 Å². The minimum atomic E-state index is -1.70. The van der Waals surface area contributed by atoms with Gasteiger partial charge in [0.25, 0.3) is 0 Å². The summed E-state index contributed by atoms with van der Waals surface area (Å²) in [5.41, 5.74) is 0. The lowest BCUT2D eigenvalue weighted by atomic mass is 10.1. The van der Waals surface area contributed by atoms with E-state index in [4.69, 9.17) is 10.8 Å². The highest BCUT2D eigenvalue weighted by molar-refractivity contribution is 6.74. The Hall–Kier alpha value is -0.263. The lowest BCUT2D eigenvalue weighted by Gasteiger charge is -2.38. The zero-order chi connectivity index (χ0) is 13.5. The largest absolute Gasteiger partial charge is 0.403 e. The summed E-state index contributed by atoms with van der Waals surface area (Å²) in [7, 11) is -1.70. The summed E-state index contributed by atoms with van der Waals surface area (Å²) in [4.78, 5) is 0. The number of hydrogen-bond donors (Lipinski definition) is 0. The predicted molar refractivity (Wildman–Crippen MR) is 79.7 cm³/mol. The molecule has 1 nitrogen and oxygen atoms in total. The van der Waals surface area contributed by atoms with Crippen LogP contribution in [0.15, 0.2) is 0 Å². The summed E-state index contributed by atoms with van der Waals surface area (Å²) in [6.07, 6.45) is 11.7. The summed E-state index contributed by atoms with van der Waals surface area (Å²) < 4.78 is 6.23. The molecule has 0 saturated carbocycles. The van der Waals surface area contributed by atoms with Crippen molar-refractivity contribution in [3.05, 3.63) is 0 Å². The Morgan fingerprint density at radius 1 is 1.18 bits per heavy atom. The summed E-state index contributed by atoms with van der Waals surface area (Å²) in [6.45, 7) is 13.5. The second-order valence-electron chi connectivity index (χ2n) is 6.38. The fourth-order valence-electron chi connectivity index (χ4n) is 1.47. The van der Waals surface area contributed by atoms with E-state index in [1.54, 1.807) is 0 Å². The minimum absolute atomic E-state index is 0.0211. The SMILES string of the molecule is C#CC(CCCCCC)O[Si](C)(C)C(C)(C)C. The quantitative estimate of drug-likeness (QED) is 0.354. The fraction of sp³-hybridized carbons (Fsp3) is 0.867. The first kappa shape index (κ1) is 16.7. The maximum Gasteiger partial charge on any atom is 0.193 e. The van der Waals surface area contributed by atoms with Crippen molar-refractivity contribution in [1.29, 1.82) is 0 Å². The van der Waals surface area contributed by atoms with Crippen molar-refractivity contribution in [2.24, 2.45) is 0 Å². The second kappa shape index (κ2) is 7.23. The van der Waals surface area contributed by atoms with Crippen LogP contribution in [-0.4, -0.2) is 14.4 Å². The molecule has 0 aromatic carbocycles. The maximum absolute atomic E-state index is 6.23. The van der Waals surface area contributed by atoms with Gasteiger partial charge in [0, 0.05) is 0 Å². The van der Waals surface area contributed by atoms with Crippen LogP contribution in [0.4, 0.5) is 0 Å². The molecule has 0 saturated heterocycles. The third-order valence-corrected chi connectivity index (χ3v) is 8.23. The Morgan fingerprint density at radius 3 is 2.18 bits per heavy atom. The molecule has 0 N–H and O–H groups in total. The highest BCUT2D eigenvalue weighted by Gasteiger charge is 2.38. The van der Waals surface area contributed by atoms with Gasteiger partial charge in [0.2, 0.25) is 0 Å². The summed E-state index contributed by atoms with van der Waals surface area (Å²) in [6, 6.07) is 0. The van der Waals surface area contributed by atoms with Crippen LogP contribution in [0.1, 0.15) is 59.8 Å². The second-order valence-corrected chi connectivity index (χ2v) is 11.1. The van der Waals surface area contributed by atoms with Gasteiger partial charge in [-0.3, -0.25) is 0 Å². The Bertz CT molecular complexity index is 245. The van der Waals surface area contributed by atoms with Crippen molar-refractivity contribution in [2.75, 3.05) is 0 Å². The van der Waals surface area contributed by atoms with Crippen molar-refractivity contribution < 1.29 is 4.43 Å². The molecule has 0 aromatic heterocycles. The van der Waals surface area contributed by atoms with Crippen LogP contribution < -0.4 is 0 Å². The van der Waals surface area contributed by atoms with Crippen LogP contribution in [-0.2, 0) is 4.43 Å². The highest BCUT2D eigenvalue weighted by atomic mass is 28.4. The average Bonchev–Trinajstić information content (AvgIpc) is 2.20. The molecule has 17 heavy (non-hydrogen) atoms. The monoisotopic (exact) mass is 254 g/mol. The third-order valence-electron chi connectivity index (χ3n) is 3.75. The van der Waals surface area contributed by atoms with Crippen molar-refractivity contribution in [3.8, 4) is 12.3 Å². The molecule has 100 valence electrons. The summed E-state index contributed by atoms with van der Waals surface area (Å²) >= 11 is 0. The van der Waals surface area contributed by atoms with Crippen LogP contribution in [0.5, 0.6) is 0 Å². The third kappa shape index (κ3) is 6.28. The topological polar surface area (TPSA) is 9.23 Å². The zero-order valence-electron chi connectivity index (χ0n) is 12.6. The van der Waals surface area contributed by atoms with Gasteiger partial charge >= 0.3 is 0 Å². The smallest absolute Gasteiger partial charge is 0.193 e. The molecular formula is C15H30OSi. The van der Waals surface area contributed by atoms with E-state index in [0.717, 1.165) is 6.42 Å². The zero-order valence-corrected chi connectivity index (χ0v) is 13.6. The minimum Gasteiger partial charge on any atom is -0.403 e. The highest BCUT2D eigenvalue weighted by Crippen LogP contribution is 2.37. The average molecular weight is 254 g/mol. The van der Waals surface area contributed by atoms with Crippen LogP contribution in [0.2, 0.25) is 18.1 Å². The first-order valence-corrected chi connectivity index (χ1v) is 9.79. The van der Waals surface area contributed by atoms with Gasteiger partial charge in [0.1, 0.15) is 6.10 Å². The van der Waals surface area contributed by atoms with Crippen LogP contribution in [0.3, 0.4) is 0 Å². The van der Waals surface area contributed by atoms with Gasteiger partial charge in [-0.25, -0.2) is 0 Å². The molecule has 0 amide bonds. The van der Waals surface area contributed by atoms with E-state index in [-0.39, 0.29) is 11.1 Å². The van der Waals surface area contributed by atoms with Gasteiger partial charge in [0.05, 0.1) is 0 Å². The molecule has 0 fully saturated rings. The Morgan fingerprint density at radius 2 is 1.76 bits per heavy atom. The van der Waals surface area contributed by atoms with Gasteiger partial charge in [-0.1, -0.05) is 52.9 Å². The molecule has 0 spiro atoms. The van der Waals surface area contributed by atoms with Crippen LogP contribution >= 0.6 is 0 Å². The molecule has 0 radical (unpaired) electrons. The van der Waals surface area contributed by atoms with Gasteiger partial charge in [-0.2, -0.15) is 0 Å². The molecule has 1 atom stereocenters. The Balaban J connectivity index is 4.18. The number of terminal acetylenes is 1. The van der Waals surface area contributed by atoms with Crippen molar-refractivity contribution in [2.45, 2.75) is 84.0 Å². The van der Waals surface area contributed by atoms with Crippen LogP contribution in [0, 0.1) is 12.3 Å². The first-order valence-electron chi connectivity index (χ1n) is 6.88. The van der Waals surface area contributed by atoms with E-state index in [1.807, 2.05) is 0 Å². The molecule has 0 aliphatic heterocycles. The van der Waals surface area contributed by atoms with E-state index < -0.39 is 8.32 Å². The first-order chi connectivity index (χ1) is 7.74. The Labute approximate surface area is 109 Å². The van der Waals surface area contributed by atoms with Gasteiger partial charge in [-0.15, -0.1) is 6.42 Å². The van der Waals surface area contributed by atoms with Crippen molar-refractivity contribution in [1.82, 2.24) is 0 Å². The molecule has 0 aliphatic carbocycles. The molecule has 0 rings (SSSR count). The van der Waals surface area contributed by atoms with Crippen molar-refractivity contribution >= 4 is 8.32 Å². The van der Waals surface area contributed by atoms with Crippen molar-refractivity contribution in [3.63, 3.8) is 0 Å². The molecule has 0 aromatic rings. The Kier molecular flexibility index (Phi) is 7.12. The normalized spacial score (nSPS) is 14.4. The van der Waals surface area contributed by atoms with Crippen LogP contribution in [0.25, 0.3) is 0 Å². The van der Waals surface area contributed by atoms with E-state index in [2.05, 4.69) is 46.7 Å². The number of hydrogen-bond acceptors (Lipinski definition) is 1. The molecule has 0 heterocycles. The number of rotatable bonds is 7. The van der Waals surface area contributed by atoms with E-state index in [1.165, 1.54) is 25.7 Å². The lowest BCUT2D eigenvalue weighted by molar-refractivity contribution is 0.219. The fourth-order valence-corrected chi connectivity index (χ4v) is 2.72. The predicted octanol–water partition coefficient (Wildman–Crippen LogP) is 4.98. The van der Waals surface area contributed by atoms with Gasteiger partial charge < -0.3 is 4.43 Å². The molecule has 2 heteroatoms. The lowest BCUT2D eigenvalue weighted by Crippen LogP contribution is -2.43. The van der Waals surface area contributed by atoms with E-state index in [0.29, 0.717) is 0 Å².